The Labute approximate surface area is 57.4 Å². The Hall–Kier alpha value is -1.26. The van der Waals surface area contributed by atoms with E-state index in [1.165, 1.54) is 0 Å². The molecule has 0 radical (unpaired) electrons. The minimum absolute atomic E-state index is 0.157. The summed E-state index contributed by atoms with van der Waals surface area (Å²) in [6.07, 6.45) is 0.236. The monoisotopic (exact) mass is 144 g/mol. The van der Waals surface area contributed by atoms with Crippen molar-refractivity contribution >= 4 is 12.1 Å². The lowest BCUT2D eigenvalue weighted by Gasteiger charge is -2.11. The maximum absolute atomic E-state index is 10.4. The normalized spacial score (nSPS) is 16.4. The van der Waals surface area contributed by atoms with E-state index >= 15 is 0 Å². The number of amides is 3. The summed E-state index contributed by atoms with van der Waals surface area (Å²) >= 11 is 0. The van der Waals surface area contributed by atoms with Crippen molar-refractivity contribution in [3.63, 3.8) is 0 Å². The molecule has 3 N–H and O–H groups in total. The number of nitrogens with zero attached hydrogens (tertiary/aromatic N) is 1. The molecule has 0 saturated heterocycles. The minimum Gasteiger partial charge on any atom is -0.465 e. The molecule has 0 unspecified atom stereocenters. The van der Waals surface area contributed by atoms with Gasteiger partial charge in [0, 0.05) is 6.04 Å². The van der Waals surface area contributed by atoms with Crippen LogP contribution in [0, 0.1) is 0 Å². The van der Waals surface area contributed by atoms with Gasteiger partial charge in [0.1, 0.15) is 0 Å². The van der Waals surface area contributed by atoms with Crippen LogP contribution in [0.5, 0.6) is 0 Å². The zero-order valence-electron chi connectivity index (χ0n) is 5.28. The van der Waals surface area contributed by atoms with E-state index in [0.29, 0.717) is 4.90 Å². The molecule has 1 aliphatic rings. The summed E-state index contributed by atoms with van der Waals surface area (Å²) < 4.78 is 0. The van der Waals surface area contributed by atoms with Gasteiger partial charge in [0.05, 0.1) is 0 Å². The van der Waals surface area contributed by atoms with Gasteiger partial charge in [-0.1, -0.05) is 0 Å². The highest BCUT2D eigenvalue weighted by atomic mass is 16.4. The molecule has 5 nitrogen and oxygen atoms in total. The van der Waals surface area contributed by atoms with Gasteiger partial charge < -0.3 is 10.8 Å². The first-order chi connectivity index (χ1) is 4.63. The highest BCUT2D eigenvalue weighted by Gasteiger charge is 2.35. The van der Waals surface area contributed by atoms with Crippen molar-refractivity contribution in [1.82, 2.24) is 4.90 Å². The van der Waals surface area contributed by atoms with E-state index in [-0.39, 0.29) is 6.04 Å². The average Bonchev–Trinajstić information content (AvgIpc) is 2.46. The fourth-order valence-electron chi connectivity index (χ4n) is 0.763. The third-order valence-electron chi connectivity index (χ3n) is 1.36. The number of primary amides is 1. The van der Waals surface area contributed by atoms with Gasteiger partial charge in [-0.25, -0.2) is 14.5 Å². The number of carbonyl (C=O) groups excluding carboxylic acids is 1. The number of imide groups is 1. The van der Waals surface area contributed by atoms with Crippen LogP contribution < -0.4 is 5.73 Å². The lowest BCUT2D eigenvalue weighted by atomic mass is 10.6. The Bertz CT molecular complexity index is 162. The second-order valence-electron chi connectivity index (χ2n) is 2.22. The van der Waals surface area contributed by atoms with E-state index in [1.807, 2.05) is 0 Å². The van der Waals surface area contributed by atoms with Gasteiger partial charge in [0.25, 0.3) is 0 Å². The van der Waals surface area contributed by atoms with Crippen LogP contribution in [0.2, 0.25) is 0 Å². The summed E-state index contributed by atoms with van der Waals surface area (Å²) in [4.78, 5) is 21.3. The molecule has 0 atom stereocenters. The van der Waals surface area contributed by atoms with Crippen molar-refractivity contribution in [2.24, 2.45) is 5.73 Å². The summed E-state index contributed by atoms with van der Waals surface area (Å²) in [6, 6.07) is -1.04. The summed E-state index contributed by atoms with van der Waals surface area (Å²) in [5, 5.41) is 8.38. The molecule has 0 bridgehead atoms. The second-order valence-corrected chi connectivity index (χ2v) is 2.22. The largest absolute Gasteiger partial charge is 0.465 e. The Morgan fingerprint density at radius 3 is 2.10 bits per heavy atom. The Balaban J connectivity index is 2.58. The first-order valence-electron chi connectivity index (χ1n) is 2.94. The fraction of sp³-hybridized carbons (Fsp3) is 0.600. The molecule has 0 aromatic heterocycles. The molecule has 0 spiro atoms. The smallest absolute Gasteiger partial charge is 0.415 e. The van der Waals surface area contributed by atoms with Crippen molar-refractivity contribution in [1.29, 1.82) is 0 Å². The van der Waals surface area contributed by atoms with Gasteiger partial charge in [0.15, 0.2) is 0 Å². The number of urea groups is 1. The first kappa shape index (κ1) is 6.85. The molecule has 0 heterocycles. The quantitative estimate of drug-likeness (QED) is 0.551. The molecule has 0 aromatic carbocycles. The topological polar surface area (TPSA) is 83.6 Å². The number of carbonyl (C=O) groups is 2. The lowest BCUT2D eigenvalue weighted by Crippen LogP contribution is -2.41. The van der Waals surface area contributed by atoms with Gasteiger partial charge in [-0.05, 0) is 12.8 Å². The molecule has 0 aliphatic heterocycles. The predicted octanol–water partition coefficient (Wildman–Crippen LogP) is 0.208. The highest BCUT2D eigenvalue weighted by molar-refractivity contribution is 5.89. The zero-order valence-corrected chi connectivity index (χ0v) is 5.28. The van der Waals surface area contributed by atoms with E-state index in [0.717, 1.165) is 12.8 Å². The van der Waals surface area contributed by atoms with E-state index in [2.05, 4.69) is 0 Å². The predicted molar refractivity (Wildman–Crippen MR) is 32.5 cm³/mol. The molecule has 1 aliphatic carbocycles. The van der Waals surface area contributed by atoms with Crippen molar-refractivity contribution in [2.45, 2.75) is 18.9 Å². The number of nitrogens with two attached hydrogens (primary N) is 1. The average molecular weight is 144 g/mol. The van der Waals surface area contributed by atoms with Gasteiger partial charge in [-0.2, -0.15) is 0 Å². The van der Waals surface area contributed by atoms with Crippen LogP contribution in [-0.2, 0) is 0 Å². The summed E-state index contributed by atoms with van der Waals surface area (Å²) in [7, 11) is 0. The van der Waals surface area contributed by atoms with E-state index in [9.17, 15) is 9.59 Å². The third kappa shape index (κ3) is 1.18. The molecular formula is C5H8N2O3. The minimum atomic E-state index is -1.25. The van der Waals surface area contributed by atoms with Crippen molar-refractivity contribution in [3.05, 3.63) is 0 Å². The zero-order chi connectivity index (χ0) is 7.72. The highest BCUT2D eigenvalue weighted by Crippen LogP contribution is 2.26. The molecule has 5 heteroatoms. The maximum atomic E-state index is 10.4. The molecule has 1 saturated carbocycles. The van der Waals surface area contributed by atoms with Crippen LogP contribution in [0.15, 0.2) is 0 Å². The Morgan fingerprint density at radius 1 is 1.50 bits per heavy atom. The Kier molecular flexibility index (Phi) is 1.48. The van der Waals surface area contributed by atoms with Crippen LogP contribution in [0.1, 0.15) is 12.8 Å². The number of hydrogen-bond donors (Lipinski definition) is 2. The molecular weight excluding hydrogens is 136 g/mol. The maximum Gasteiger partial charge on any atom is 0.415 e. The molecule has 10 heavy (non-hydrogen) atoms. The lowest BCUT2D eigenvalue weighted by molar-refractivity contribution is 0.149. The third-order valence-corrected chi connectivity index (χ3v) is 1.36. The van der Waals surface area contributed by atoms with E-state index in [4.69, 9.17) is 10.8 Å². The first-order valence-corrected chi connectivity index (χ1v) is 2.94. The molecule has 0 aromatic rings. The molecule has 3 amide bonds. The van der Waals surface area contributed by atoms with Gasteiger partial charge in [-0.3, -0.25) is 0 Å². The molecule has 1 fully saturated rings. The number of rotatable bonds is 1. The van der Waals surface area contributed by atoms with Gasteiger partial charge in [0.2, 0.25) is 0 Å². The van der Waals surface area contributed by atoms with Crippen LogP contribution >= 0.6 is 0 Å². The fourth-order valence-corrected chi connectivity index (χ4v) is 0.763. The summed E-state index contributed by atoms with van der Waals surface area (Å²) in [5.41, 5.74) is 4.78. The van der Waals surface area contributed by atoms with Crippen molar-refractivity contribution in [2.75, 3.05) is 0 Å². The van der Waals surface area contributed by atoms with E-state index in [1.54, 1.807) is 0 Å². The van der Waals surface area contributed by atoms with E-state index < -0.39 is 12.1 Å². The number of carboxylic acid groups (broad SMARTS) is 1. The SMILES string of the molecule is NC(=O)N(C(=O)O)C1CC1. The van der Waals surface area contributed by atoms with Gasteiger partial charge >= 0.3 is 12.1 Å². The molecule has 56 valence electrons. The van der Waals surface area contributed by atoms with Crippen LogP contribution in [0.25, 0.3) is 0 Å². The van der Waals surface area contributed by atoms with Crippen LogP contribution in [-0.4, -0.2) is 28.2 Å². The Morgan fingerprint density at radius 2 is 2.00 bits per heavy atom. The summed E-state index contributed by atoms with van der Waals surface area (Å²) in [5.74, 6) is 0. The standard InChI is InChI=1S/C5H8N2O3/c6-4(8)7(5(9)10)3-1-2-3/h3H,1-2H2,(H2,6,8)(H,9,10). The van der Waals surface area contributed by atoms with Crippen LogP contribution in [0.3, 0.4) is 0 Å². The summed E-state index contributed by atoms with van der Waals surface area (Å²) in [6.45, 7) is 0. The van der Waals surface area contributed by atoms with Crippen molar-refractivity contribution in [3.8, 4) is 0 Å². The van der Waals surface area contributed by atoms with Crippen LogP contribution in [0.4, 0.5) is 9.59 Å². The molecule has 1 rings (SSSR count). The van der Waals surface area contributed by atoms with Crippen molar-refractivity contribution < 1.29 is 14.7 Å². The van der Waals surface area contributed by atoms with Gasteiger partial charge in [-0.15, -0.1) is 0 Å². The number of hydrogen-bond acceptors (Lipinski definition) is 2. The second kappa shape index (κ2) is 2.17.